The second kappa shape index (κ2) is 4.99. The summed E-state index contributed by atoms with van der Waals surface area (Å²) in [6.07, 6.45) is 3.97. The van der Waals surface area contributed by atoms with Gasteiger partial charge in [0.25, 0.3) is 0 Å². The predicted octanol–water partition coefficient (Wildman–Crippen LogP) is 3.40. The average molecular weight is 242 g/mol. The average Bonchev–Trinajstić information content (AvgIpc) is 2.83. The summed E-state index contributed by atoms with van der Waals surface area (Å²) in [6, 6.07) is 10.9. The monoisotopic (exact) mass is 242 g/mol. The van der Waals surface area contributed by atoms with Crippen LogP contribution in [-0.2, 0) is 5.41 Å². The van der Waals surface area contributed by atoms with Gasteiger partial charge in [-0.2, -0.15) is 0 Å². The Bertz CT molecular complexity index is 475. The van der Waals surface area contributed by atoms with Crippen molar-refractivity contribution in [2.45, 2.75) is 32.1 Å². The predicted molar refractivity (Wildman–Crippen MR) is 76.8 cm³/mol. The minimum absolute atomic E-state index is 0.199. The summed E-state index contributed by atoms with van der Waals surface area (Å²) in [5, 5.41) is 0. The largest absolute Gasteiger partial charge is 0.367 e. The zero-order valence-electron chi connectivity index (χ0n) is 11.4. The van der Waals surface area contributed by atoms with E-state index in [1.165, 1.54) is 16.7 Å². The van der Waals surface area contributed by atoms with Crippen LogP contribution in [0.4, 0.5) is 0 Å². The molecule has 18 heavy (non-hydrogen) atoms. The third-order valence-electron chi connectivity index (χ3n) is 3.44. The standard InChI is InChI=1S/C16H22N2/c1-16(2,3)14-6-4-12(5-7-14)15(10-17)13-8-9-18-11-13/h4-9,11,15,18H,10,17H2,1-3H3. The molecule has 0 aliphatic rings. The second-order valence-electron chi connectivity index (χ2n) is 5.80. The summed E-state index contributed by atoms with van der Waals surface area (Å²) < 4.78 is 0. The molecular formula is C16H22N2. The Balaban J connectivity index is 2.28. The third-order valence-corrected chi connectivity index (χ3v) is 3.44. The van der Waals surface area contributed by atoms with Gasteiger partial charge in [0.05, 0.1) is 0 Å². The van der Waals surface area contributed by atoms with Crippen LogP contribution >= 0.6 is 0 Å². The van der Waals surface area contributed by atoms with Gasteiger partial charge in [0.2, 0.25) is 0 Å². The summed E-state index contributed by atoms with van der Waals surface area (Å²) in [4.78, 5) is 3.09. The van der Waals surface area contributed by atoms with Gasteiger partial charge < -0.3 is 10.7 Å². The first-order valence-electron chi connectivity index (χ1n) is 6.45. The number of H-pyrrole nitrogens is 1. The third kappa shape index (κ3) is 2.65. The van der Waals surface area contributed by atoms with Crippen LogP contribution in [0.25, 0.3) is 0 Å². The molecule has 0 radical (unpaired) electrons. The van der Waals surface area contributed by atoms with Crippen molar-refractivity contribution in [3.05, 3.63) is 59.4 Å². The van der Waals surface area contributed by atoms with Crippen LogP contribution in [0.15, 0.2) is 42.7 Å². The molecule has 0 amide bonds. The van der Waals surface area contributed by atoms with E-state index in [0.717, 1.165) is 0 Å². The zero-order chi connectivity index (χ0) is 13.2. The molecule has 96 valence electrons. The van der Waals surface area contributed by atoms with E-state index in [0.29, 0.717) is 6.54 Å². The molecule has 0 aliphatic carbocycles. The van der Waals surface area contributed by atoms with E-state index in [2.05, 4.69) is 56.1 Å². The summed E-state index contributed by atoms with van der Waals surface area (Å²) in [5.74, 6) is 0.283. The van der Waals surface area contributed by atoms with Gasteiger partial charge in [-0.05, 0) is 28.2 Å². The maximum Gasteiger partial charge on any atom is 0.0227 e. The fourth-order valence-corrected chi connectivity index (χ4v) is 2.23. The van der Waals surface area contributed by atoms with E-state index < -0.39 is 0 Å². The van der Waals surface area contributed by atoms with Gasteiger partial charge >= 0.3 is 0 Å². The molecule has 0 bridgehead atoms. The normalized spacial score (nSPS) is 13.6. The van der Waals surface area contributed by atoms with Crippen LogP contribution < -0.4 is 5.73 Å². The molecule has 1 aromatic carbocycles. The molecule has 0 spiro atoms. The van der Waals surface area contributed by atoms with Crippen molar-refractivity contribution in [3.63, 3.8) is 0 Å². The van der Waals surface area contributed by atoms with Crippen molar-refractivity contribution in [2.24, 2.45) is 5.73 Å². The Hall–Kier alpha value is -1.54. The highest BCUT2D eigenvalue weighted by atomic mass is 14.6. The highest BCUT2D eigenvalue weighted by Gasteiger charge is 2.16. The number of rotatable bonds is 3. The van der Waals surface area contributed by atoms with E-state index in [1.807, 2.05) is 12.4 Å². The Kier molecular flexibility index (Phi) is 3.58. The molecule has 0 fully saturated rings. The number of aromatic nitrogens is 1. The number of aromatic amines is 1. The maximum atomic E-state index is 5.91. The summed E-state index contributed by atoms with van der Waals surface area (Å²) >= 11 is 0. The van der Waals surface area contributed by atoms with Crippen molar-refractivity contribution in [2.75, 3.05) is 6.54 Å². The molecule has 3 N–H and O–H groups in total. The van der Waals surface area contributed by atoms with Crippen LogP contribution in [0.5, 0.6) is 0 Å². The van der Waals surface area contributed by atoms with Gasteiger partial charge in [0.15, 0.2) is 0 Å². The molecule has 2 heteroatoms. The smallest absolute Gasteiger partial charge is 0.0227 e. The topological polar surface area (TPSA) is 41.8 Å². The Morgan fingerprint density at radius 1 is 1.06 bits per heavy atom. The molecule has 1 atom stereocenters. The van der Waals surface area contributed by atoms with Crippen molar-refractivity contribution in [1.82, 2.24) is 4.98 Å². The molecule has 1 heterocycles. The SMILES string of the molecule is CC(C)(C)c1ccc(C(CN)c2cc[nH]c2)cc1. The molecule has 1 unspecified atom stereocenters. The molecule has 2 aromatic rings. The number of hydrogen-bond donors (Lipinski definition) is 2. The summed E-state index contributed by atoms with van der Waals surface area (Å²) in [6.45, 7) is 7.32. The lowest BCUT2D eigenvalue weighted by Crippen LogP contribution is -2.14. The first-order chi connectivity index (χ1) is 8.52. The fraction of sp³-hybridized carbons (Fsp3) is 0.375. The van der Waals surface area contributed by atoms with Gasteiger partial charge in [0, 0.05) is 24.9 Å². The minimum Gasteiger partial charge on any atom is -0.367 e. The number of hydrogen-bond acceptors (Lipinski definition) is 1. The quantitative estimate of drug-likeness (QED) is 0.851. The summed E-state index contributed by atoms with van der Waals surface area (Å²) in [5.41, 5.74) is 10.00. The van der Waals surface area contributed by atoms with Crippen LogP contribution in [0.3, 0.4) is 0 Å². The van der Waals surface area contributed by atoms with Crippen LogP contribution in [0, 0.1) is 0 Å². The highest BCUT2D eigenvalue weighted by Crippen LogP contribution is 2.27. The van der Waals surface area contributed by atoms with E-state index >= 15 is 0 Å². The molecule has 1 aromatic heterocycles. The van der Waals surface area contributed by atoms with Gasteiger partial charge in [-0.1, -0.05) is 45.0 Å². The number of nitrogens with one attached hydrogen (secondary N) is 1. The molecule has 0 aliphatic heterocycles. The van der Waals surface area contributed by atoms with E-state index in [-0.39, 0.29) is 11.3 Å². The van der Waals surface area contributed by atoms with Gasteiger partial charge in [-0.25, -0.2) is 0 Å². The first-order valence-corrected chi connectivity index (χ1v) is 6.45. The molecule has 2 rings (SSSR count). The highest BCUT2D eigenvalue weighted by molar-refractivity contribution is 5.35. The van der Waals surface area contributed by atoms with Crippen molar-refractivity contribution in [3.8, 4) is 0 Å². The molecule has 0 saturated carbocycles. The second-order valence-corrected chi connectivity index (χ2v) is 5.80. The number of benzene rings is 1. The van der Waals surface area contributed by atoms with Crippen LogP contribution in [-0.4, -0.2) is 11.5 Å². The summed E-state index contributed by atoms with van der Waals surface area (Å²) in [7, 11) is 0. The van der Waals surface area contributed by atoms with Crippen molar-refractivity contribution >= 4 is 0 Å². The van der Waals surface area contributed by atoms with Crippen LogP contribution in [0.1, 0.15) is 43.4 Å². The molecule has 0 saturated heterocycles. The van der Waals surface area contributed by atoms with E-state index in [1.54, 1.807) is 0 Å². The van der Waals surface area contributed by atoms with Gasteiger partial charge in [-0.15, -0.1) is 0 Å². The van der Waals surface area contributed by atoms with Crippen molar-refractivity contribution < 1.29 is 0 Å². The zero-order valence-corrected chi connectivity index (χ0v) is 11.4. The molecular weight excluding hydrogens is 220 g/mol. The van der Waals surface area contributed by atoms with Gasteiger partial charge in [0.1, 0.15) is 0 Å². The van der Waals surface area contributed by atoms with Crippen molar-refractivity contribution in [1.29, 1.82) is 0 Å². The van der Waals surface area contributed by atoms with E-state index in [4.69, 9.17) is 5.73 Å². The maximum absolute atomic E-state index is 5.91. The lowest BCUT2D eigenvalue weighted by atomic mass is 9.85. The first kappa shape index (κ1) is 12.9. The number of nitrogens with two attached hydrogens (primary N) is 1. The van der Waals surface area contributed by atoms with Gasteiger partial charge in [-0.3, -0.25) is 0 Å². The molecule has 2 nitrogen and oxygen atoms in total. The lowest BCUT2D eigenvalue weighted by molar-refractivity contribution is 0.589. The Morgan fingerprint density at radius 3 is 2.17 bits per heavy atom. The van der Waals surface area contributed by atoms with Crippen LogP contribution in [0.2, 0.25) is 0 Å². The Labute approximate surface area is 109 Å². The van der Waals surface area contributed by atoms with E-state index in [9.17, 15) is 0 Å². The Morgan fingerprint density at radius 2 is 1.72 bits per heavy atom. The fourth-order valence-electron chi connectivity index (χ4n) is 2.23. The lowest BCUT2D eigenvalue weighted by Gasteiger charge is -2.21. The minimum atomic E-state index is 0.199.